The lowest BCUT2D eigenvalue weighted by Crippen LogP contribution is -2.30. The summed E-state index contributed by atoms with van der Waals surface area (Å²) in [7, 11) is 1.51. The van der Waals surface area contributed by atoms with Crippen LogP contribution >= 0.6 is 0 Å². The van der Waals surface area contributed by atoms with Gasteiger partial charge in [0.25, 0.3) is 0 Å². The molecule has 0 aliphatic heterocycles. The van der Waals surface area contributed by atoms with Gasteiger partial charge in [0.1, 0.15) is 29.4 Å². The molecular weight excluding hydrogens is 424 g/mol. The fourth-order valence-electron chi connectivity index (χ4n) is 3.24. The van der Waals surface area contributed by atoms with Gasteiger partial charge in [-0.25, -0.2) is 0 Å². The highest BCUT2D eigenvalue weighted by molar-refractivity contribution is 5.86. The van der Waals surface area contributed by atoms with E-state index in [-0.39, 0.29) is 11.2 Å². The number of hydrogen-bond acceptors (Lipinski definition) is 7. The molecule has 1 aromatic heterocycles. The van der Waals surface area contributed by atoms with Gasteiger partial charge in [-0.3, -0.25) is 4.79 Å². The van der Waals surface area contributed by atoms with Gasteiger partial charge in [-0.2, -0.15) is 0 Å². The maximum Gasteiger partial charge on any atom is 0.200 e. The fourth-order valence-corrected chi connectivity index (χ4v) is 3.24. The van der Waals surface area contributed by atoms with E-state index in [0.29, 0.717) is 33.4 Å². The summed E-state index contributed by atoms with van der Waals surface area (Å²) in [4.78, 5) is 13.1. The van der Waals surface area contributed by atoms with E-state index in [1.165, 1.54) is 25.5 Å². The van der Waals surface area contributed by atoms with Crippen LogP contribution in [0.3, 0.4) is 0 Å². The normalized spacial score (nSPS) is 13.1. The number of hydrogen-bond donors (Lipinski definition) is 3. The Labute approximate surface area is 195 Å². The predicted octanol–water partition coefficient (Wildman–Crippen LogP) is 5.05. The smallest absolute Gasteiger partial charge is 0.200 e. The quantitative estimate of drug-likeness (QED) is 0.453. The first kappa shape index (κ1) is 28.2. The minimum Gasteiger partial charge on any atom is -0.508 e. The van der Waals surface area contributed by atoms with Gasteiger partial charge in [0.15, 0.2) is 0 Å². The molecule has 7 nitrogen and oxygen atoms in total. The van der Waals surface area contributed by atoms with Crippen molar-refractivity contribution in [2.75, 3.05) is 13.7 Å². The van der Waals surface area contributed by atoms with Crippen molar-refractivity contribution in [2.24, 2.45) is 0 Å². The second kappa shape index (κ2) is 13.6. The lowest BCUT2D eigenvalue weighted by Gasteiger charge is -2.24. The summed E-state index contributed by atoms with van der Waals surface area (Å²) in [5.74, 6) is 0.590. The third-order valence-corrected chi connectivity index (χ3v) is 4.89. The summed E-state index contributed by atoms with van der Waals surface area (Å²) in [5, 5.41) is 28.7. The van der Waals surface area contributed by atoms with E-state index in [4.69, 9.17) is 19.0 Å². The minimum absolute atomic E-state index is 0.108. The van der Waals surface area contributed by atoms with Gasteiger partial charge >= 0.3 is 0 Å². The van der Waals surface area contributed by atoms with Crippen LogP contribution in [0, 0.1) is 0 Å². The number of aliphatic hydroxyl groups excluding tert-OH is 2. The van der Waals surface area contributed by atoms with E-state index in [1.807, 2.05) is 27.7 Å². The summed E-state index contributed by atoms with van der Waals surface area (Å²) in [6.45, 7) is 11.0. The number of fused-ring (bicyclic) bond motifs is 1. The first-order valence-electron chi connectivity index (χ1n) is 11.2. The number of methoxy groups -OCH3 is 1. The molecule has 3 atom stereocenters. The molecular formula is C26H36O7. The molecule has 0 saturated carbocycles. The van der Waals surface area contributed by atoms with Crippen LogP contribution in [-0.2, 0) is 4.74 Å². The number of phenolic OH excluding ortho intramolecular Hbond substituents is 1. The molecule has 0 amide bonds. The van der Waals surface area contributed by atoms with Gasteiger partial charge in [-0.15, -0.1) is 0 Å². The van der Waals surface area contributed by atoms with Crippen molar-refractivity contribution >= 4 is 11.0 Å². The molecule has 2 aromatic carbocycles. The molecule has 7 heteroatoms. The van der Waals surface area contributed by atoms with Crippen molar-refractivity contribution in [1.82, 2.24) is 0 Å². The van der Waals surface area contributed by atoms with E-state index in [0.717, 1.165) is 0 Å². The molecule has 0 spiro atoms. The van der Waals surface area contributed by atoms with Crippen LogP contribution in [0.15, 0.2) is 51.9 Å². The number of phenols is 1. The molecule has 3 rings (SSSR count). The summed E-state index contributed by atoms with van der Waals surface area (Å²) in [5.41, 5.74) is 1.63. The molecule has 3 N–H and O–H groups in total. The Hall–Kier alpha value is -2.87. The van der Waals surface area contributed by atoms with Crippen molar-refractivity contribution in [1.29, 1.82) is 0 Å². The second-order valence-electron chi connectivity index (χ2n) is 6.82. The maximum absolute atomic E-state index is 13.1. The number of aromatic hydroxyl groups is 1. The Kier molecular flexibility index (Phi) is 11.6. The topological polar surface area (TPSA) is 109 Å². The lowest BCUT2D eigenvalue weighted by atomic mass is 10.0. The second-order valence-corrected chi connectivity index (χ2v) is 6.82. The molecule has 1 heterocycles. The lowest BCUT2D eigenvalue weighted by molar-refractivity contribution is -0.0782. The highest BCUT2D eigenvalue weighted by Crippen LogP contribution is 2.35. The highest BCUT2D eigenvalue weighted by atomic mass is 16.5. The molecule has 0 aliphatic carbocycles. The molecule has 0 bridgehead atoms. The molecule has 3 aromatic rings. The van der Waals surface area contributed by atoms with Gasteiger partial charge in [0.2, 0.25) is 5.43 Å². The van der Waals surface area contributed by atoms with Gasteiger partial charge in [-0.05, 0) is 43.7 Å². The minimum atomic E-state index is -1.04. The average molecular weight is 461 g/mol. The third-order valence-electron chi connectivity index (χ3n) is 4.89. The average Bonchev–Trinajstić information content (AvgIpc) is 2.86. The monoisotopic (exact) mass is 460 g/mol. The van der Waals surface area contributed by atoms with Crippen molar-refractivity contribution < 1.29 is 29.2 Å². The maximum atomic E-state index is 13.1. The van der Waals surface area contributed by atoms with Gasteiger partial charge in [0, 0.05) is 0 Å². The van der Waals surface area contributed by atoms with Crippen LogP contribution in [0.25, 0.3) is 22.1 Å². The summed E-state index contributed by atoms with van der Waals surface area (Å²) in [6.07, 6.45) is -0.879. The summed E-state index contributed by atoms with van der Waals surface area (Å²) in [6, 6.07) is 9.59. The Morgan fingerprint density at radius 2 is 1.61 bits per heavy atom. The first-order valence-corrected chi connectivity index (χ1v) is 11.2. The third kappa shape index (κ3) is 6.57. The zero-order valence-corrected chi connectivity index (χ0v) is 20.5. The van der Waals surface area contributed by atoms with Crippen molar-refractivity contribution in [2.45, 2.75) is 59.9 Å². The standard InChI is InChI=1S/C22H24O7.2C2H6/c1-12(18(25)10-23)29-13(2)20-19(27-3)9-8-16-21(26)17(11-28-22(16)20)14-4-6-15(24)7-5-14;2*1-2/h4-9,11-13,18,23-25H,10H2,1-3H3;2*1-2H3. The van der Waals surface area contributed by atoms with Crippen LogP contribution in [0.2, 0.25) is 0 Å². The van der Waals surface area contributed by atoms with E-state index in [9.17, 15) is 15.0 Å². The van der Waals surface area contributed by atoms with Gasteiger partial charge < -0.3 is 29.2 Å². The van der Waals surface area contributed by atoms with E-state index in [2.05, 4.69) is 0 Å². The van der Waals surface area contributed by atoms with E-state index >= 15 is 0 Å². The number of benzene rings is 2. The van der Waals surface area contributed by atoms with Crippen LogP contribution < -0.4 is 10.2 Å². The van der Waals surface area contributed by atoms with Crippen molar-refractivity contribution in [3.8, 4) is 22.6 Å². The Morgan fingerprint density at radius 3 is 2.15 bits per heavy atom. The molecule has 0 radical (unpaired) electrons. The SMILES string of the molecule is CC.CC.COc1ccc2c(=O)c(-c3ccc(O)cc3)coc2c1C(C)OC(C)C(O)CO. The number of rotatable bonds is 7. The Bertz CT molecular complexity index is 1040. The largest absolute Gasteiger partial charge is 0.508 e. The molecule has 3 unspecified atom stereocenters. The van der Waals surface area contributed by atoms with Crippen molar-refractivity contribution in [3.05, 3.63) is 58.4 Å². The number of ether oxygens (including phenoxy) is 2. The van der Waals surface area contributed by atoms with Crippen LogP contribution in [0.5, 0.6) is 11.5 Å². The Balaban J connectivity index is 0.00000129. The summed E-state index contributed by atoms with van der Waals surface area (Å²) < 4.78 is 17.1. The number of aliphatic hydroxyl groups is 2. The molecule has 0 fully saturated rings. The van der Waals surface area contributed by atoms with Crippen LogP contribution in [-0.4, -0.2) is 41.2 Å². The predicted molar refractivity (Wildman–Crippen MR) is 131 cm³/mol. The van der Waals surface area contributed by atoms with Crippen molar-refractivity contribution in [3.63, 3.8) is 0 Å². The molecule has 0 aliphatic rings. The zero-order valence-electron chi connectivity index (χ0n) is 20.5. The fraction of sp³-hybridized carbons (Fsp3) is 0.423. The highest BCUT2D eigenvalue weighted by Gasteiger charge is 2.24. The first-order chi connectivity index (χ1) is 15.9. The van der Waals surface area contributed by atoms with Crippen LogP contribution in [0.1, 0.15) is 53.2 Å². The zero-order chi connectivity index (χ0) is 25.1. The van der Waals surface area contributed by atoms with Gasteiger partial charge in [-0.1, -0.05) is 39.8 Å². The summed E-state index contributed by atoms with van der Waals surface area (Å²) >= 11 is 0. The molecule has 0 saturated heterocycles. The van der Waals surface area contributed by atoms with Crippen LogP contribution in [0.4, 0.5) is 0 Å². The van der Waals surface area contributed by atoms with Gasteiger partial charge in [0.05, 0.1) is 42.4 Å². The van der Waals surface area contributed by atoms with E-state index in [1.54, 1.807) is 38.1 Å². The Morgan fingerprint density at radius 1 is 1.00 bits per heavy atom. The molecule has 182 valence electrons. The molecule has 33 heavy (non-hydrogen) atoms. The van der Waals surface area contributed by atoms with E-state index < -0.39 is 24.9 Å².